The topological polar surface area (TPSA) is 68.2 Å². The Hall–Kier alpha value is -2.83. The first kappa shape index (κ1) is 17.6. The van der Waals surface area contributed by atoms with Crippen LogP contribution in [-0.2, 0) is 17.9 Å². The van der Waals surface area contributed by atoms with Gasteiger partial charge in [0.2, 0.25) is 0 Å². The lowest BCUT2D eigenvalue weighted by molar-refractivity contribution is 0.00515. The van der Waals surface area contributed by atoms with Gasteiger partial charge in [-0.2, -0.15) is 0 Å². The minimum absolute atomic E-state index is 0.133. The number of carbonyl (C=O) groups is 1. The van der Waals surface area contributed by atoms with Crippen LogP contribution in [0.1, 0.15) is 5.82 Å². The average Bonchev–Trinajstić information content (AvgIpc) is 3.10. The van der Waals surface area contributed by atoms with Gasteiger partial charge in [-0.15, -0.1) is 0 Å². The van der Waals surface area contributed by atoms with Crippen LogP contribution in [0.3, 0.4) is 0 Å². The molecule has 0 unspecified atom stereocenters. The molecular formula is C20H19ClN4O2. The van der Waals surface area contributed by atoms with Crippen LogP contribution in [0.2, 0.25) is 5.02 Å². The summed E-state index contributed by atoms with van der Waals surface area (Å²) >= 11 is 6.12. The van der Waals surface area contributed by atoms with E-state index >= 15 is 0 Å². The maximum atomic E-state index is 12.1. The third kappa shape index (κ3) is 4.13. The van der Waals surface area contributed by atoms with Crippen molar-refractivity contribution in [3.05, 3.63) is 71.6 Å². The Morgan fingerprint density at radius 3 is 2.89 bits per heavy atom. The van der Waals surface area contributed by atoms with Crippen LogP contribution in [0, 0.1) is 0 Å². The standard InChI is InChI=1S/C20H19ClN4O2/c21-15-6-4-5-14(9-15)18-11-22-19-13-27-17(12-25(18)19)10-23-20(26)24-16-7-2-1-3-8-16/h1-9,11,17H,10,12-13H2,(H2,23,24,26)/t17-/m0/s1. The third-order valence-corrected chi connectivity index (χ3v) is 4.65. The summed E-state index contributed by atoms with van der Waals surface area (Å²) < 4.78 is 7.95. The van der Waals surface area contributed by atoms with E-state index in [-0.39, 0.29) is 12.1 Å². The van der Waals surface area contributed by atoms with Gasteiger partial charge in [0.15, 0.2) is 0 Å². The average molecular weight is 383 g/mol. The van der Waals surface area contributed by atoms with E-state index in [4.69, 9.17) is 16.3 Å². The maximum absolute atomic E-state index is 12.1. The summed E-state index contributed by atoms with van der Waals surface area (Å²) in [6.45, 7) is 1.43. The van der Waals surface area contributed by atoms with E-state index < -0.39 is 0 Å². The number of hydrogen-bond acceptors (Lipinski definition) is 3. The number of aromatic nitrogens is 2. The van der Waals surface area contributed by atoms with E-state index in [0.29, 0.717) is 24.7 Å². The molecule has 2 aromatic carbocycles. The largest absolute Gasteiger partial charge is 0.367 e. The molecule has 2 amide bonds. The van der Waals surface area contributed by atoms with Crippen LogP contribution in [0.4, 0.5) is 10.5 Å². The molecule has 0 bridgehead atoms. The second-order valence-corrected chi connectivity index (χ2v) is 6.75. The Morgan fingerprint density at radius 2 is 2.07 bits per heavy atom. The summed E-state index contributed by atoms with van der Waals surface area (Å²) in [7, 11) is 0. The zero-order valence-corrected chi connectivity index (χ0v) is 15.3. The van der Waals surface area contributed by atoms with Crippen LogP contribution in [-0.4, -0.2) is 28.2 Å². The zero-order valence-electron chi connectivity index (χ0n) is 14.6. The molecule has 0 aliphatic carbocycles. The normalized spacial score (nSPS) is 15.8. The molecule has 2 heterocycles. The van der Waals surface area contributed by atoms with Gasteiger partial charge in [0.1, 0.15) is 12.4 Å². The predicted octanol–water partition coefficient (Wildman–Crippen LogP) is 3.92. The number of fused-ring (bicyclic) bond motifs is 1. The molecule has 1 aliphatic heterocycles. The van der Waals surface area contributed by atoms with Crippen molar-refractivity contribution in [1.82, 2.24) is 14.9 Å². The number of anilines is 1. The Kier molecular flexibility index (Phi) is 5.09. The molecule has 1 aromatic heterocycles. The van der Waals surface area contributed by atoms with Crippen LogP contribution in [0.15, 0.2) is 60.8 Å². The fourth-order valence-corrected chi connectivity index (χ4v) is 3.28. The molecule has 6 nitrogen and oxygen atoms in total. The van der Waals surface area contributed by atoms with Gasteiger partial charge < -0.3 is 19.9 Å². The lowest BCUT2D eigenvalue weighted by Gasteiger charge is -2.26. The molecule has 0 fully saturated rings. The lowest BCUT2D eigenvalue weighted by atomic mass is 10.1. The van der Waals surface area contributed by atoms with Crippen molar-refractivity contribution >= 4 is 23.3 Å². The van der Waals surface area contributed by atoms with Crippen LogP contribution in [0.5, 0.6) is 0 Å². The number of amides is 2. The second kappa shape index (κ2) is 7.82. The highest BCUT2D eigenvalue weighted by molar-refractivity contribution is 6.30. The van der Waals surface area contributed by atoms with Gasteiger partial charge in [0.25, 0.3) is 0 Å². The van der Waals surface area contributed by atoms with Gasteiger partial charge in [-0.25, -0.2) is 9.78 Å². The molecular weight excluding hydrogens is 364 g/mol. The summed E-state index contributed by atoms with van der Waals surface area (Å²) in [6, 6.07) is 16.8. The van der Waals surface area contributed by atoms with E-state index in [1.807, 2.05) is 60.8 Å². The number of nitrogens with zero attached hydrogens (tertiary/aromatic N) is 2. The SMILES string of the molecule is O=C(NC[C@H]1Cn2c(-c3cccc(Cl)c3)cnc2CO1)Nc1ccccc1. The number of rotatable bonds is 4. The first-order valence-electron chi connectivity index (χ1n) is 8.71. The fraction of sp³-hybridized carbons (Fsp3) is 0.200. The highest BCUT2D eigenvalue weighted by Crippen LogP contribution is 2.26. The predicted molar refractivity (Wildman–Crippen MR) is 105 cm³/mol. The minimum Gasteiger partial charge on any atom is -0.367 e. The van der Waals surface area contributed by atoms with Crippen molar-refractivity contribution < 1.29 is 9.53 Å². The number of para-hydroxylation sites is 1. The molecule has 1 aliphatic rings. The molecule has 138 valence electrons. The second-order valence-electron chi connectivity index (χ2n) is 6.31. The van der Waals surface area contributed by atoms with Crippen LogP contribution in [0.25, 0.3) is 11.3 Å². The Bertz CT molecular complexity index is 942. The molecule has 0 saturated carbocycles. The van der Waals surface area contributed by atoms with Crippen molar-refractivity contribution in [2.75, 3.05) is 11.9 Å². The molecule has 0 spiro atoms. The number of carbonyl (C=O) groups excluding carboxylic acids is 1. The number of halogens is 1. The van der Waals surface area contributed by atoms with Crippen molar-refractivity contribution in [2.45, 2.75) is 19.3 Å². The molecule has 2 N–H and O–H groups in total. The highest BCUT2D eigenvalue weighted by Gasteiger charge is 2.23. The van der Waals surface area contributed by atoms with Crippen LogP contribution >= 0.6 is 11.6 Å². The van der Waals surface area contributed by atoms with E-state index in [1.165, 1.54) is 0 Å². The molecule has 3 aromatic rings. The van der Waals surface area contributed by atoms with E-state index in [2.05, 4.69) is 20.2 Å². The molecule has 0 saturated heterocycles. The molecule has 1 atom stereocenters. The first-order valence-corrected chi connectivity index (χ1v) is 9.09. The van der Waals surface area contributed by atoms with Crippen molar-refractivity contribution in [3.63, 3.8) is 0 Å². The number of imidazole rings is 1. The quantitative estimate of drug-likeness (QED) is 0.718. The minimum atomic E-state index is -0.253. The number of hydrogen-bond donors (Lipinski definition) is 2. The van der Waals surface area contributed by atoms with Gasteiger partial charge in [-0.1, -0.05) is 41.9 Å². The number of urea groups is 1. The van der Waals surface area contributed by atoms with Gasteiger partial charge in [-0.3, -0.25) is 0 Å². The van der Waals surface area contributed by atoms with Crippen molar-refractivity contribution in [1.29, 1.82) is 0 Å². The first-order chi connectivity index (χ1) is 13.2. The van der Waals surface area contributed by atoms with E-state index in [9.17, 15) is 4.79 Å². The van der Waals surface area contributed by atoms with Gasteiger partial charge in [0, 0.05) is 22.8 Å². The number of ether oxygens (including phenoxy) is 1. The summed E-state index contributed by atoms with van der Waals surface area (Å²) in [5.74, 6) is 0.870. The van der Waals surface area contributed by atoms with E-state index in [0.717, 1.165) is 22.8 Å². The zero-order chi connectivity index (χ0) is 18.6. The summed E-state index contributed by atoms with van der Waals surface area (Å²) in [5, 5.41) is 6.35. The van der Waals surface area contributed by atoms with Crippen LogP contribution < -0.4 is 10.6 Å². The summed E-state index contributed by atoms with van der Waals surface area (Å²) in [5.41, 5.74) is 2.76. The van der Waals surface area contributed by atoms with E-state index in [1.54, 1.807) is 0 Å². The smallest absolute Gasteiger partial charge is 0.319 e. The molecule has 0 radical (unpaired) electrons. The number of benzene rings is 2. The Labute approximate surface area is 162 Å². The maximum Gasteiger partial charge on any atom is 0.319 e. The molecule has 7 heteroatoms. The molecule has 4 rings (SSSR count). The Morgan fingerprint density at radius 1 is 1.22 bits per heavy atom. The van der Waals surface area contributed by atoms with Crippen molar-refractivity contribution in [3.8, 4) is 11.3 Å². The summed E-state index contributed by atoms with van der Waals surface area (Å²) in [4.78, 5) is 16.5. The fourth-order valence-electron chi connectivity index (χ4n) is 3.09. The highest BCUT2D eigenvalue weighted by atomic mass is 35.5. The van der Waals surface area contributed by atoms with Gasteiger partial charge in [-0.05, 0) is 24.3 Å². The monoisotopic (exact) mass is 382 g/mol. The Balaban J connectivity index is 1.40. The van der Waals surface area contributed by atoms with Gasteiger partial charge in [0.05, 0.1) is 24.5 Å². The lowest BCUT2D eigenvalue weighted by Crippen LogP contribution is -2.40. The summed E-state index contributed by atoms with van der Waals surface area (Å²) in [6.07, 6.45) is 1.70. The number of nitrogens with one attached hydrogen (secondary N) is 2. The molecule has 27 heavy (non-hydrogen) atoms. The van der Waals surface area contributed by atoms with Crippen molar-refractivity contribution in [2.24, 2.45) is 0 Å². The third-order valence-electron chi connectivity index (χ3n) is 4.41. The van der Waals surface area contributed by atoms with Gasteiger partial charge >= 0.3 is 6.03 Å².